The Bertz CT molecular complexity index is 642. The van der Waals surface area contributed by atoms with Crippen LogP contribution in [0.15, 0.2) is 39.7 Å². The third kappa shape index (κ3) is 1.97. The van der Waals surface area contributed by atoms with Crippen LogP contribution in [-0.2, 0) is 0 Å². The van der Waals surface area contributed by atoms with Crippen molar-refractivity contribution >= 4 is 31.9 Å². The Balaban J connectivity index is 2.79. The molecule has 3 nitrogen and oxygen atoms in total. The molecule has 2 rings (SSSR count). The fourth-order valence-corrected chi connectivity index (χ4v) is 1.15. The molecule has 0 unspecified atom stereocenters. The fourth-order valence-electron chi connectivity index (χ4n) is 0.712. The lowest BCUT2D eigenvalue weighted by Crippen LogP contribution is -1.94. The molecule has 0 aromatic carbocycles. The van der Waals surface area contributed by atoms with E-state index in [-0.39, 0.29) is 45.4 Å². The Morgan fingerprint density at radius 2 is 2.08 bits per heavy atom. The zero-order valence-electron chi connectivity index (χ0n) is 11.1. The lowest BCUT2D eigenvalue weighted by molar-refractivity contribution is 0.863. The van der Waals surface area contributed by atoms with Gasteiger partial charge < -0.3 is 0 Å². The minimum Gasteiger partial charge on any atom is -0.247 e. The van der Waals surface area contributed by atoms with Crippen molar-refractivity contribution in [2.24, 2.45) is 0 Å². The van der Waals surface area contributed by atoms with Crippen molar-refractivity contribution in [3.8, 4) is 5.69 Å². The van der Waals surface area contributed by atoms with Crippen LogP contribution in [0.5, 0.6) is 0 Å². The van der Waals surface area contributed by atoms with Crippen LogP contribution in [0.2, 0.25) is 0 Å². The van der Waals surface area contributed by atoms with Gasteiger partial charge in [-0.15, -0.1) is 0 Å². The number of aromatic nitrogens is 3. The summed E-state index contributed by atoms with van der Waals surface area (Å²) in [6, 6.07) is -0.618. The number of nitrogens with zero attached hydrogens (tertiary/aromatic N) is 3. The topological polar surface area (TPSA) is 30.7 Å². The van der Waals surface area contributed by atoms with Crippen molar-refractivity contribution in [2.75, 3.05) is 0 Å². The average Bonchev–Trinajstić information content (AvgIpc) is 2.55. The molecule has 0 saturated heterocycles. The van der Waals surface area contributed by atoms with Crippen LogP contribution in [0.3, 0.4) is 0 Å². The molecule has 0 atom stereocenters. The van der Waals surface area contributed by atoms with Gasteiger partial charge in [-0.05, 0) is 50.0 Å². The smallest absolute Gasteiger partial charge is 0.128 e. The third-order valence-electron chi connectivity index (χ3n) is 1.21. The van der Waals surface area contributed by atoms with Gasteiger partial charge in [0.2, 0.25) is 0 Å². The zero-order valence-corrected chi connectivity index (χ0v) is 9.27. The van der Waals surface area contributed by atoms with E-state index in [4.69, 9.17) is 6.85 Å². The Morgan fingerprint density at radius 3 is 2.77 bits per heavy atom. The number of rotatable bonds is 1. The monoisotopic (exact) mass is 306 g/mol. The molecule has 0 aliphatic carbocycles. The van der Waals surface area contributed by atoms with E-state index in [0.717, 1.165) is 4.68 Å². The summed E-state index contributed by atoms with van der Waals surface area (Å²) >= 11 is 5.99. The van der Waals surface area contributed by atoms with E-state index in [2.05, 4.69) is 41.9 Å². The first-order valence-electron chi connectivity index (χ1n) is 5.70. The third-order valence-corrected chi connectivity index (χ3v) is 1.94. The summed E-state index contributed by atoms with van der Waals surface area (Å²) < 4.78 is 39.5. The summed E-state index contributed by atoms with van der Waals surface area (Å²) in [5.74, 6) is 0. The minimum absolute atomic E-state index is 0.0881. The van der Waals surface area contributed by atoms with Gasteiger partial charge in [0.25, 0.3) is 0 Å². The summed E-state index contributed by atoms with van der Waals surface area (Å²) in [5.41, 5.74) is -0.0904. The molecule has 13 heavy (non-hydrogen) atoms. The molecular formula is C8H5Br2N3. The number of halogens is 2. The van der Waals surface area contributed by atoms with Gasteiger partial charge >= 0.3 is 0 Å². The van der Waals surface area contributed by atoms with Gasteiger partial charge in [-0.1, -0.05) is 0 Å². The van der Waals surface area contributed by atoms with E-state index in [9.17, 15) is 0 Å². The zero-order chi connectivity index (χ0) is 13.6. The predicted molar refractivity (Wildman–Crippen MR) is 56.8 cm³/mol. The van der Waals surface area contributed by atoms with Gasteiger partial charge in [0.15, 0.2) is 0 Å². The van der Waals surface area contributed by atoms with Crippen LogP contribution in [-0.4, -0.2) is 14.8 Å². The van der Waals surface area contributed by atoms with E-state index in [0.29, 0.717) is 0 Å². The van der Waals surface area contributed by atoms with Crippen LogP contribution < -0.4 is 0 Å². The maximum absolute atomic E-state index is 7.79. The SMILES string of the molecule is [2H]c1nc(Br)c([2H])c([2H])c1-n1nc(Br)c([2H])c1[2H]. The molecule has 5 heteroatoms. The first-order chi connectivity index (χ1) is 8.34. The molecule has 0 fully saturated rings. The Hall–Kier alpha value is -0.680. The maximum atomic E-state index is 7.79. The second-order valence-electron chi connectivity index (χ2n) is 2.05. The van der Waals surface area contributed by atoms with Crippen molar-refractivity contribution in [2.45, 2.75) is 0 Å². The second-order valence-corrected chi connectivity index (χ2v) is 3.55. The van der Waals surface area contributed by atoms with E-state index < -0.39 is 0 Å². The van der Waals surface area contributed by atoms with Gasteiger partial charge in [0, 0.05) is 6.17 Å². The minimum atomic E-state index is -0.286. The maximum Gasteiger partial charge on any atom is 0.128 e. The molecular weight excluding hydrogens is 298 g/mol. The van der Waals surface area contributed by atoms with E-state index in [1.54, 1.807) is 0 Å². The van der Waals surface area contributed by atoms with E-state index in [1.165, 1.54) is 0 Å². The van der Waals surface area contributed by atoms with Crippen LogP contribution in [0.4, 0.5) is 0 Å². The molecule has 0 N–H and O–H groups in total. The van der Waals surface area contributed by atoms with Crippen molar-refractivity contribution in [1.82, 2.24) is 14.8 Å². The van der Waals surface area contributed by atoms with Gasteiger partial charge in [0.05, 0.1) is 18.7 Å². The largest absolute Gasteiger partial charge is 0.247 e. The molecule has 0 aliphatic heterocycles. The molecule has 2 aromatic rings. The molecule has 0 saturated carbocycles. The molecule has 2 heterocycles. The summed E-state index contributed by atoms with van der Waals surface area (Å²) in [5, 5.41) is 3.85. The first kappa shape index (κ1) is 4.70. The number of hydrogen-bond acceptors (Lipinski definition) is 2. The van der Waals surface area contributed by atoms with E-state index in [1.807, 2.05) is 0 Å². The highest BCUT2D eigenvalue weighted by molar-refractivity contribution is 9.10. The summed E-state index contributed by atoms with van der Waals surface area (Å²) in [7, 11) is 0. The average molecular weight is 308 g/mol. The van der Waals surface area contributed by atoms with Crippen LogP contribution >= 0.6 is 31.9 Å². The van der Waals surface area contributed by atoms with Crippen LogP contribution in [0, 0.1) is 0 Å². The highest BCUT2D eigenvalue weighted by atomic mass is 79.9. The van der Waals surface area contributed by atoms with Gasteiger partial charge in [-0.2, -0.15) is 5.10 Å². The molecule has 0 aliphatic rings. The Labute approximate surface area is 99.1 Å². The molecule has 0 bridgehead atoms. The van der Waals surface area contributed by atoms with E-state index >= 15 is 0 Å². The second kappa shape index (κ2) is 3.59. The summed E-state index contributed by atoms with van der Waals surface area (Å²) in [6.45, 7) is 0. The van der Waals surface area contributed by atoms with Crippen molar-refractivity contribution in [3.63, 3.8) is 0 Å². The highest BCUT2D eigenvalue weighted by Gasteiger charge is 1.98. The first-order valence-corrected chi connectivity index (χ1v) is 4.78. The van der Waals surface area contributed by atoms with Crippen LogP contribution in [0.25, 0.3) is 5.69 Å². The van der Waals surface area contributed by atoms with Crippen molar-refractivity contribution < 1.29 is 6.85 Å². The van der Waals surface area contributed by atoms with Crippen molar-refractivity contribution in [3.05, 3.63) is 39.7 Å². The molecule has 0 spiro atoms. The Morgan fingerprint density at radius 1 is 1.23 bits per heavy atom. The van der Waals surface area contributed by atoms with Gasteiger partial charge in [-0.25, -0.2) is 9.67 Å². The molecule has 0 amide bonds. The molecule has 0 radical (unpaired) electrons. The molecule has 2 aromatic heterocycles. The lowest BCUT2D eigenvalue weighted by Gasteiger charge is -1.98. The highest BCUT2D eigenvalue weighted by Crippen LogP contribution is 2.12. The quantitative estimate of drug-likeness (QED) is 0.759. The molecule has 66 valence electrons. The van der Waals surface area contributed by atoms with Crippen LogP contribution in [0.1, 0.15) is 6.85 Å². The fraction of sp³-hybridized carbons (Fsp3) is 0. The Kier molecular flexibility index (Phi) is 1.30. The summed E-state index contributed by atoms with van der Waals surface area (Å²) in [4.78, 5) is 3.75. The van der Waals surface area contributed by atoms with Crippen molar-refractivity contribution in [1.29, 1.82) is 0 Å². The standard InChI is InChI=1S/C8H5Br2N3/c9-7-2-1-6(5-11-7)13-4-3-8(10)12-13/h1-5H/i1D,2D,3D,4D,5D. The number of pyridine rings is 1. The predicted octanol–water partition coefficient (Wildman–Crippen LogP) is 2.79. The number of hydrogen-bond donors (Lipinski definition) is 0. The lowest BCUT2D eigenvalue weighted by atomic mass is 10.4. The van der Waals surface area contributed by atoms with Gasteiger partial charge in [-0.3, -0.25) is 0 Å². The normalized spacial score (nSPS) is 15.7. The van der Waals surface area contributed by atoms with Gasteiger partial charge in [0.1, 0.15) is 9.21 Å². The summed E-state index contributed by atoms with van der Waals surface area (Å²) in [6.07, 6.45) is -0.557.